The number of rotatable bonds is 2. The fourth-order valence-electron chi connectivity index (χ4n) is 0.899. The Kier molecular flexibility index (Phi) is 3.13. The summed E-state index contributed by atoms with van der Waals surface area (Å²) in [6.45, 7) is 0. The van der Waals surface area contributed by atoms with E-state index >= 15 is 0 Å². The van der Waals surface area contributed by atoms with Crippen LogP contribution >= 0.6 is 27.5 Å². The van der Waals surface area contributed by atoms with Crippen molar-refractivity contribution in [3.05, 3.63) is 40.3 Å². The molecule has 0 bridgehead atoms. The van der Waals surface area contributed by atoms with Crippen molar-refractivity contribution in [3.8, 4) is 11.8 Å². The van der Waals surface area contributed by atoms with Crippen LogP contribution in [0, 0.1) is 0 Å². The molecule has 0 spiro atoms. The SMILES string of the molecule is Clc1ncccc1Oc1ncc(Br)cn1. The number of halogens is 2. The van der Waals surface area contributed by atoms with Crippen LogP contribution in [0.1, 0.15) is 0 Å². The Bertz CT molecular complexity index is 463. The Morgan fingerprint density at radius 2 is 1.93 bits per heavy atom. The number of pyridine rings is 1. The second-order valence-corrected chi connectivity index (χ2v) is 3.85. The molecular formula is C9H5BrClN3O. The lowest BCUT2D eigenvalue weighted by Gasteiger charge is -2.03. The summed E-state index contributed by atoms with van der Waals surface area (Å²) in [6.07, 6.45) is 4.76. The molecular weight excluding hydrogens is 281 g/mol. The van der Waals surface area contributed by atoms with Crippen molar-refractivity contribution in [1.29, 1.82) is 0 Å². The van der Waals surface area contributed by atoms with E-state index in [0.717, 1.165) is 4.47 Å². The third-order valence-electron chi connectivity index (χ3n) is 1.52. The molecule has 4 nitrogen and oxygen atoms in total. The Morgan fingerprint density at radius 1 is 1.20 bits per heavy atom. The van der Waals surface area contributed by atoms with Crippen LogP contribution in [0.4, 0.5) is 0 Å². The molecule has 0 atom stereocenters. The monoisotopic (exact) mass is 285 g/mol. The van der Waals surface area contributed by atoms with Gasteiger partial charge in [-0.15, -0.1) is 0 Å². The molecule has 0 saturated carbocycles. The van der Waals surface area contributed by atoms with E-state index in [0.29, 0.717) is 5.75 Å². The van der Waals surface area contributed by atoms with Crippen LogP contribution in [0.15, 0.2) is 35.2 Å². The van der Waals surface area contributed by atoms with Crippen LogP contribution in [0.3, 0.4) is 0 Å². The maximum absolute atomic E-state index is 5.80. The van der Waals surface area contributed by atoms with E-state index in [2.05, 4.69) is 30.9 Å². The minimum atomic E-state index is 0.230. The summed E-state index contributed by atoms with van der Waals surface area (Å²) < 4.78 is 6.11. The van der Waals surface area contributed by atoms with Gasteiger partial charge in [0.15, 0.2) is 10.9 Å². The molecule has 6 heteroatoms. The fraction of sp³-hybridized carbons (Fsp3) is 0. The van der Waals surface area contributed by atoms with Crippen LogP contribution in [-0.2, 0) is 0 Å². The summed E-state index contributed by atoms with van der Waals surface area (Å²) in [4.78, 5) is 11.8. The third kappa shape index (κ3) is 2.64. The summed E-state index contributed by atoms with van der Waals surface area (Å²) in [7, 11) is 0. The minimum Gasteiger partial charge on any atom is -0.421 e. The first-order valence-corrected chi connectivity index (χ1v) is 5.19. The van der Waals surface area contributed by atoms with E-state index in [1.54, 1.807) is 30.7 Å². The van der Waals surface area contributed by atoms with E-state index in [9.17, 15) is 0 Å². The van der Waals surface area contributed by atoms with E-state index < -0.39 is 0 Å². The van der Waals surface area contributed by atoms with E-state index in [1.807, 2.05) is 0 Å². The van der Waals surface area contributed by atoms with Crippen molar-refractivity contribution in [2.24, 2.45) is 0 Å². The molecule has 0 amide bonds. The molecule has 76 valence electrons. The number of hydrogen-bond donors (Lipinski definition) is 0. The molecule has 2 aromatic rings. The summed E-state index contributed by atoms with van der Waals surface area (Å²) in [6, 6.07) is 3.65. The zero-order valence-corrected chi connectivity index (χ0v) is 9.73. The lowest BCUT2D eigenvalue weighted by molar-refractivity contribution is 0.439. The van der Waals surface area contributed by atoms with Gasteiger partial charge in [0.2, 0.25) is 0 Å². The summed E-state index contributed by atoms with van der Waals surface area (Å²) in [5.41, 5.74) is 0. The molecule has 0 fully saturated rings. The second kappa shape index (κ2) is 4.55. The van der Waals surface area contributed by atoms with Crippen molar-refractivity contribution in [1.82, 2.24) is 15.0 Å². The molecule has 0 aliphatic heterocycles. The Balaban J connectivity index is 2.22. The summed E-state index contributed by atoms with van der Waals surface area (Å²) in [5, 5.41) is 0.281. The van der Waals surface area contributed by atoms with Crippen LogP contribution < -0.4 is 4.74 Å². The van der Waals surface area contributed by atoms with Crippen molar-refractivity contribution < 1.29 is 4.74 Å². The van der Waals surface area contributed by atoms with Gasteiger partial charge in [0.25, 0.3) is 0 Å². The molecule has 0 saturated heterocycles. The molecule has 0 aliphatic rings. The molecule has 0 unspecified atom stereocenters. The van der Waals surface area contributed by atoms with Crippen molar-refractivity contribution in [3.63, 3.8) is 0 Å². The van der Waals surface area contributed by atoms with E-state index in [1.165, 1.54) is 0 Å². The molecule has 0 N–H and O–H groups in total. The normalized spacial score (nSPS) is 10.0. The molecule has 0 aliphatic carbocycles. The zero-order chi connectivity index (χ0) is 10.7. The molecule has 2 rings (SSSR count). The summed E-state index contributed by atoms with van der Waals surface area (Å²) >= 11 is 9.03. The lowest BCUT2D eigenvalue weighted by Crippen LogP contribution is -1.92. The first-order valence-electron chi connectivity index (χ1n) is 4.01. The quantitative estimate of drug-likeness (QED) is 0.796. The van der Waals surface area contributed by atoms with Gasteiger partial charge in [-0.05, 0) is 28.1 Å². The van der Waals surface area contributed by atoms with Gasteiger partial charge in [0, 0.05) is 18.6 Å². The van der Waals surface area contributed by atoms with Crippen molar-refractivity contribution in [2.75, 3.05) is 0 Å². The Hall–Kier alpha value is -1.20. The van der Waals surface area contributed by atoms with Gasteiger partial charge in [-0.3, -0.25) is 0 Å². The van der Waals surface area contributed by atoms with Crippen LogP contribution in [-0.4, -0.2) is 15.0 Å². The predicted molar refractivity (Wildman–Crippen MR) is 59.1 cm³/mol. The molecule has 2 aromatic heterocycles. The predicted octanol–water partition coefficient (Wildman–Crippen LogP) is 3.08. The van der Waals surface area contributed by atoms with Gasteiger partial charge in [0.1, 0.15) is 0 Å². The van der Waals surface area contributed by atoms with Crippen LogP contribution in [0.5, 0.6) is 11.8 Å². The fourth-order valence-corrected chi connectivity index (χ4v) is 1.26. The van der Waals surface area contributed by atoms with Gasteiger partial charge in [0.05, 0.1) is 4.47 Å². The van der Waals surface area contributed by atoms with Gasteiger partial charge in [-0.1, -0.05) is 11.6 Å². The van der Waals surface area contributed by atoms with E-state index in [-0.39, 0.29) is 11.2 Å². The van der Waals surface area contributed by atoms with E-state index in [4.69, 9.17) is 16.3 Å². The van der Waals surface area contributed by atoms with Crippen molar-refractivity contribution in [2.45, 2.75) is 0 Å². The minimum absolute atomic E-state index is 0.230. The largest absolute Gasteiger partial charge is 0.421 e. The summed E-state index contributed by atoms with van der Waals surface area (Å²) in [5.74, 6) is 0.432. The van der Waals surface area contributed by atoms with Crippen LogP contribution in [0.25, 0.3) is 0 Å². The van der Waals surface area contributed by atoms with Gasteiger partial charge in [-0.25, -0.2) is 15.0 Å². The second-order valence-electron chi connectivity index (χ2n) is 2.58. The average molecular weight is 287 g/mol. The smallest absolute Gasteiger partial charge is 0.322 e. The van der Waals surface area contributed by atoms with Crippen LogP contribution in [0.2, 0.25) is 5.15 Å². The third-order valence-corrected chi connectivity index (χ3v) is 2.22. The Morgan fingerprint density at radius 3 is 2.60 bits per heavy atom. The first-order chi connectivity index (χ1) is 7.25. The average Bonchev–Trinajstić information content (AvgIpc) is 2.25. The highest BCUT2D eigenvalue weighted by Crippen LogP contribution is 2.24. The maximum Gasteiger partial charge on any atom is 0.322 e. The highest BCUT2D eigenvalue weighted by atomic mass is 79.9. The lowest BCUT2D eigenvalue weighted by atomic mass is 10.5. The van der Waals surface area contributed by atoms with Gasteiger partial charge < -0.3 is 4.74 Å². The van der Waals surface area contributed by atoms with Gasteiger partial charge in [-0.2, -0.15) is 0 Å². The standard InChI is InChI=1S/C9H5BrClN3O/c10-6-4-13-9(14-5-6)15-7-2-1-3-12-8(7)11/h1-5H. The molecule has 0 aromatic carbocycles. The number of nitrogens with zero attached hydrogens (tertiary/aromatic N) is 3. The molecule has 0 radical (unpaired) electrons. The number of ether oxygens (including phenoxy) is 1. The maximum atomic E-state index is 5.80. The van der Waals surface area contributed by atoms with Gasteiger partial charge >= 0.3 is 6.01 Å². The molecule has 15 heavy (non-hydrogen) atoms. The number of hydrogen-bond acceptors (Lipinski definition) is 4. The zero-order valence-electron chi connectivity index (χ0n) is 7.39. The highest BCUT2D eigenvalue weighted by molar-refractivity contribution is 9.10. The highest BCUT2D eigenvalue weighted by Gasteiger charge is 2.04. The van der Waals surface area contributed by atoms with Crippen molar-refractivity contribution >= 4 is 27.5 Å². The topological polar surface area (TPSA) is 47.9 Å². The Labute approximate surface area is 99.4 Å². The first kappa shape index (κ1) is 10.3. The molecule has 2 heterocycles. The number of aromatic nitrogens is 3.